The van der Waals surface area contributed by atoms with Gasteiger partial charge in [0.2, 0.25) is 0 Å². The van der Waals surface area contributed by atoms with E-state index in [2.05, 4.69) is 51.7 Å². The predicted octanol–water partition coefficient (Wildman–Crippen LogP) is 5.74. The van der Waals surface area contributed by atoms with E-state index >= 15 is 0 Å². The van der Waals surface area contributed by atoms with E-state index < -0.39 is 0 Å². The molecule has 0 radical (unpaired) electrons. The summed E-state index contributed by atoms with van der Waals surface area (Å²) in [6.07, 6.45) is 8.30. The summed E-state index contributed by atoms with van der Waals surface area (Å²) < 4.78 is 6.35. The minimum atomic E-state index is -0.216. The number of aromatic hydroxyl groups is 1. The van der Waals surface area contributed by atoms with Crippen LogP contribution >= 0.6 is 0 Å². The van der Waals surface area contributed by atoms with Gasteiger partial charge in [-0.2, -0.15) is 0 Å². The smallest absolute Gasteiger partial charge is 0.127 e. The first-order valence-corrected chi connectivity index (χ1v) is 9.58. The van der Waals surface area contributed by atoms with Gasteiger partial charge in [0.15, 0.2) is 0 Å². The second-order valence-electron chi connectivity index (χ2n) is 8.07. The first-order valence-electron chi connectivity index (χ1n) is 9.58. The van der Waals surface area contributed by atoms with Crippen molar-refractivity contribution in [2.24, 2.45) is 5.92 Å². The van der Waals surface area contributed by atoms with Crippen LogP contribution in [0.4, 0.5) is 0 Å². The highest BCUT2D eigenvalue weighted by molar-refractivity contribution is 5.53. The molecule has 0 saturated heterocycles. The summed E-state index contributed by atoms with van der Waals surface area (Å²) in [7, 11) is 0. The largest absolute Gasteiger partial charge is 0.508 e. The van der Waals surface area contributed by atoms with Gasteiger partial charge in [-0.25, -0.2) is 0 Å². The van der Waals surface area contributed by atoms with Crippen molar-refractivity contribution in [3.05, 3.63) is 34.9 Å². The average Bonchev–Trinajstić information content (AvgIpc) is 2.53. The van der Waals surface area contributed by atoms with Gasteiger partial charge in [-0.3, -0.25) is 0 Å². The molecule has 1 heterocycles. The van der Waals surface area contributed by atoms with Gasteiger partial charge >= 0.3 is 0 Å². The molecule has 2 atom stereocenters. The Labute approximate surface area is 152 Å². The minimum absolute atomic E-state index is 0.216. The normalized spacial score (nSPS) is 23.4. The number of phenols is 1. The lowest BCUT2D eigenvalue weighted by Crippen LogP contribution is -2.45. The molecule has 1 N–H and O–H groups in total. The topological polar surface area (TPSA) is 29.5 Å². The molecular weight excluding hydrogens is 308 g/mol. The van der Waals surface area contributed by atoms with Crippen LogP contribution < -0.4 is 4.74 Å². The van der Waals surface area contributed by atoms with Gasteiger partial charge in [0, 0.05) is 30.2 Å². The van der Waals surface area contributed by atoms with Crippen molar-refractivity contribution in [3.8, 4) is 23.3 Å². The van der Waals surface area contributed by atoms with E-state index in [0.717, 1.165) is 42.6 Å². The van der Waals surface area contributed by atoms with Crippen LogP contribution in [0.25, 0.3) is 0 Å². The fourth-order valence-corrected chi connectivity index (χ4v) is 4.24. The van der Waals surface area contributed by atoms with Gasteiger partial charge in [0.05, 0.1) is 0 Å². The number of fused-ring (bicyclic) bond motifs is 3. The molecule has 0 spiro atoms. The lowest BCUT2D eigenvalue weighted by atomic mass is 9.67. The highest BCUT2D eigenvalue weighted by Gasteiger charge is 2.45. The summed E-state index contributed by atoms with van der Waals surface area (Å²) in [5.74, 6) is 8.43. The predicted molar refractivity (Wildman–Crippen MR) is 103 cm³/mol. The summed E-state index contributed by atoms with van der Waals surface area (Å²) >= 11 is 0. The van der Waals surface area contributed by atoms with Crippen LogP contribution in [-0.2, 0) is 6.42 Å². The molecular formula is C23H30O2. The van der Waals surface area contributed by atoms with Crippen molar-refractivity contribution in [2.75, 3.05) is 0 Å². The zero-order valence-corrected chi connectivity index (χ0v) is 16.0. The van der Waals surface area contributed by atoms with Gasteiger partial charge in [0.25, 0.3) is 0 Å². The lowest BCUT2D eigenvalue weighted by molar-refractivity contribution is 0.00754. The summed E-state index contributed by atoms with van der Waals surface area (Å²) in [5.41, 5.74) is 3.24. The van der Waals surface area contributed by atoms with Crippen LogP contribution in [0.3, 0.4) is 0 Å². The van der Waals surface area contributed by atoms with Crippen LogP contribution in [-0.4, -0.2) is 10.7 Å². The molecule has 0 bridgehead atoms. The highest BCUT2D eigenvalue weighted by Crippen LogP contribution is 2.54. The van der Waals surface area contributed by atoms with Crippen LogP contribution in [0.1, 0.15) is 76.8 Å². The van der Waals surface area contributed by atoms with Crippen molar-refractivity contribution in [2.45, 2.75) is 77.7 Å². The Morgan fingerprint density at radius 3 is 2.84 bits per heavy atom. The Bertz CT molecular complexity index is 730. The number of hydrogen-bond donors (Lipinski definition) is 1. The first kappa shape index (κ1) is 17.9. The molecule has 2 aliphatic rings. The third kappa shape index (κ3) is 3.71. The van der Waals surface area contributed by atoms with Crippen molar-refractivity contribution in [1.29, 1.82) is 0 Å². The molecule has 0 fully saturated rings. The Morgan fingerprint density at radius 2 is 2.08 bits per heavy atom. The maximum Gasteiger partial charge on any atom is 0.127 e. The molecule has 1 aliphatic heterocycles. The zero-order chi connectivity index (χ0) is 18.0. The quantitative estimate of drug-likeness (QED) is 0.433. The second kappa shape index (κ2) is 7.16. The van der Waals surface area contributed by atoms with Crippen molar-refractivity contribution >= 4 is 0 Å². The van der Waals surface area contributed by atoms with E-state index in [1.54, 1.807) is 0 Å². The lowest BCUT2D eigenvalue weighted by Gasteiger charge is -2.47. The Morgan fingerprint density at radius 1 is 1.28 bits per heavy atom. The summed E-state index contributed by atoms with van der Waals surface area (Å²) in [4.78, 5) is 0. The highest BCUT2D eigenvalue weighted by atomic mass is 16.5. The number of allylic oxidation sites excluding steroid dienone is 2. The maximum absolute atomic E-state index is 10.7. The molecule has 2 heteroatoms. The SMILES string of the molecule is CCCCC#CCc1cc(O)c2c(c1)OC(C)(C)[C@@H]1CC=C(C)C[C@@H]21. The number of rotatable bonds is 3. The van der Waals surface area contributed by atoms with E-state index in [1.807, 2.05) is 6.07 Å². The molecule has 0 aromatic heterocycles. The summed E-state index contributed by atoms with van der Waals surface area (Å²) in [5, 5.41) is 10.7. The number of phenolic OH excluding ortho intramolecular Hbond substituents is 1. The third-order valence-corrected chi connectivity index (χ3v) is 5.64. The molecule has 1 aliphatic carbocycles. The first-order chi connectivity index (χ1) is 11.9. The zero-order valence-electron chi connectivity index (χ0n) is 16.0. The Balaban J connectivity index is 1.90. The van der Waals surface area contributed by atoms with Gasteiger partial charge in [-0.05, 0) is 57.7 Å². The van der Waals surface area contributed by atoms with Crippen molar-refractivity contribution in [1.82, 2.24) is 0 Å². The molecule has 25 heavy (non-hydrogen) atoms. The second-order valence-corrected chi connectivity index (χ2v) is 8.07. The average molecular weight is 338 g/mol. The van der Waals surface area contributed by atoms with Gasteiger partial charge in [-0.15, -0.1) is 5.92 Å². The number of hydrogen-bond acceptors (Lipinski definition) is 2. The van der Waals surface area contributed by atoms with Gasteiger partial charge < -0.3 is 9.84 Å². The number of unbranched alkanes of at least 4 members (excludes halogenated alkanes) is 2. The van der Waals surface area contributed by atoms with E-state index in [9.17, 15) is 5.11 Å². The number of benzene rings is 1. The number of ether oxygens (including phenoxy) is 1. The molecule has 0 amide bonds. The molecule has 1 aromatic carbocycles. The van der Waals surface area contributed by atoms with E-state index in [4.69, 9.17) is 4.74 Å². The maximum atomic E-state index is 10.7. The molecule has 0 saturated carbocycles. The Kier molecular flexibility index (Phi) is 5.13. The molecule has 1 aromatic rings. The van der Waals surface area contributed by atoms with Gasteiger partial charge in [-0.1, -0.05) is 30.9 Å². The molecule has 0 unspecified atom stereocenters. The van der Waals surface area contributed by atoms with Crippen molar-refractivity contribution < 1.29 is 9.84 Å². The minimum Gasteiger partial charge on any atom is -0.508 e. The fraction of sp³-hybridized carbons (Fsp3) is 0.565. The van der Waals surface area contributed by atoms with Crippen molar-refractivity contribution in [3.63, 3.8) is 0 Å². The Hall–Kier alpha value is -1.88. The van der Waals surface area contributed by atoms with Crippen LogP contribution in [0, 0.1) is 17.8 Å². The molecule has 3 rings (SSSR count). The monoisotopic (exact) mass is 338 g/mol. The standard InChI is InChI=1S/C23H30O2/c1-5-6-7-8-9-10-17-14-20(24)22-18-13-16(2)11-12-19(18)23(3,4)25-21(22)15-17/h11,14-15,18-19,24H,5-7,10,12-13H2,1-4H3/t18-,19-/m1/s1. The van der Waals surface area contributed by atoms with E-state index in [0.29, 0.717) is 24.0 Å². The van der Waals surface area contributed by atoms with E-state index in [-0.39, 0.29) is 5.60 Å². The van der Waals surface area contributed by atoms with Crippen LogP contribution in [0.2, 0.25) is 0 Å². The van der Waals surface area contributed by atoms with Crippen LogP contribution in [0.5, 0.6) is 11.5 Å². The van der Waals surface area contributed by atoms with Gasteiger partial charge in [0.1, 0.15) is 17.1 Å². The fourth-order valence-electron chi connectivity index (χ4n) is 4.24. The molecule has 2 nitrogen and oxygen atoms in total. The third-order valence-electron chi connectivity index (χ3n) is 5.64. The van der Waals surface area contributed by atoms with E-state index in [1.165, 1.54) is 12.0 Å². The molecule has 134 valence electrons. The van der Waals surface area contributed by atoms with Crippen LogP contribution in [0.15, 0.2) is 23.8 Å². The summed E-state index contributed by atoms with van der Waals surface area (Å²) in [6.45, 7) is 8.72. The summed E-state index contributed by atoms with van der Waals surface area (Å²) in [6, 6.07) is 3.98.